The van der Waals surface area contributed by atoms with E-state index in [1.807, 2.05) is 18.2 Å². The van der Waals surface area contributed by atoms with E-state index >= 15 is 0 Å². The molecule has 0 atom stereocenters. The molecule has 82 valence electrons. The molecule has 0 fully saturated rings. The van der Waals surface area contributed by atoms with E-state index in [2.05, 4.69) is 11.9 Å². The van der Waals surface area contributed by atoms with Crippen LogP contribution >= 0.6 is 0 Å². The molecule has 1 amide bonds. The molecular weight excluding hydrogens is 204 g/mol. The van der Waals surface area contributed by atoms with Crippen molar-refractivity contribution in [2.24, 2.45) is 4.99 Å². The van der Waals surface area contributed by atoms with Gasteiger partial charge in [-0.15, -0.1) is 0 Å². The van der Waals surface area contributed by atoms with Gasteiger partial charge in [0.05, 0.1) is 5.69 Å². The number of rotatable bonds is 1. The molecule has 0 bridgehead atoms. The highest BCUT2D eigenvalue weighted by Gasteiger charge is 2.32. The molecule has 16 heavy (non-hydrogen) atoms. The van der Waals surface area contributed by atoms with E-state index in [1.165, 1.54) is 5.56 Å². The van der Waals surface area contributed by atoms with Crippen LogP contribution in [0.5, 0.6) is 5.75 Å². The Hall–Kier alpha value is -1.84. The second kappa shape index (κ2) is 3.33. The Morgan fingerprint density at radius 2 is 2.38 bits per heavy atom. The van der Waals surface area contributed by atoms with Crippen LogP contribution in [0.4, 0.5) is 5.69 Å². The summed E-state index contributed by atoms with van der Waals surface area (Å²) in [6.07, 6.45) is 0.964. The van der Waals surface area contributed by atoms with Crippen molar-refractivity contribution in [2.75, 3.05) is 18.1 Å². The summed E-state index contributed by atoms with van der Waals surface area (Å²) in [6, 6.07) is 5.96. The molecular formula is C12H12N2O2. The van der Waals surface area contributed by atoms with Crippen LogP contribution in [0.1, 0.15) is 12.5 Å². The number of benzene rings is 1. The Morgan fingerprint density at radius 1 is 1.50 bits per heavy atom. The van der Waals surface area contributed by atoms with Crippen LogP contribution in [0, 0.1) is 0 Å². The van der Waals surface area contributed by atoms with Gasteiger partial charge in [-0.2, -0.15) is 0 Å². The second-order valence-corrected chi connectivity index (χ2v) is 3.91. The smallest absolute Gasteiger partial charge is 0.254 e. The molecule has 2 heterocycles. The highest BCUT2D eigenvalue weighted by molar-refractivity contribution is 6.23. The van der Waals surface area contributed by atoms with Gasteiger partial charge in [-0.25, -0.2) is 0 Å². The summed E-state index contributed by atoms with van der Waals surface area (Å²) in [4.78, 5) is 17.5. The number of amides is 1. The number of carbonyl (C=O) groups excluding carboxylic acids is 1. The van der Waals surface area contributed by atoms with Gasteiger partial charge in [0.2, 0.25) is 0 Å². The standard InChI is InChI=1S/C12H12N2O2/c1-2-8-3-4-9-10(5-8)16-7-11-13-6-12(15)14(9)11/h3-5H,2,6-7H2,1H3. The molecule has 1 aromatic rings. The monoisotopic (exact) mass is 216 g/mol. The number of nitrogens with zero attached hydrogens (tertiary/aromatic N) is 2. The first-order chi connectivity index (χ1) is 7.79. The molecule has 0 aromatic heterocycles. The predicted octanol–water partition coefficient (Wildman–Crippen LogP) is 1.39. The minimum absolute atomic E-state index is 0.0313. The summed E-state index contributed by atoms with van der Waals surface area (Å²) in [5.74, 6) is 1.54. The van der Waals surface area contributed by atoms with E-state index in [0.29, 0.717) is 6.61 Å². The van der Waals surface area contributed by atoms with Gasteiger partial charge in [-0.1, -0.05) is 13.0 Å². The van der Waals surface area contributed by atoms with Crippen molar-refractivity contribution in [1.29, 1.82) is 0 Å². The molecule has 0 spiro atoms. The van der Waals surface area contributed by atoms with E-state index in [9.17, 15) is 4.79 Å². The summed E-state index contributed by atoms with van der Waals surface area (Å²) in [5.41, 5.74) is 2.04. The maximum absolute atomic E-state index is 11.7. The lowest BCUT2D eigenvalue weighted by molar-refractivity contribution is -0.115. The van der Waals surface area contributed by atoms with Crippen molar-refractivity contribution in [1.82, 2.24) is 0 Å². The maximum Gasteiger partial charge on any atom is 0.254 e. The van der Waals surface area contributed by atoms with E-state index in [-0.39, 0.29) is 12.5 Å². The lowest BCUT2D eigenvalue weighted by Gasteiger charge is -2.27. The first-order valence-corrected chi connectivity index (χ1v) is 5.41. The Bertz CT molecular complexity index is 494. The number of anilines is 1. The molecule has 0 N–H and O–H groups in total. The van der Waals surface area contributed by atoms with Gasteiger partial charge >= 0.3 is 0 Å². The number of amidine groups is 1. The zero-order chi connectivity index (χ0) is 11.1. The SMILES string of the molecule is CCc1ccc2c(c1)OCC1=NCC(=O)N12. The third-order valence-electron chi connectivity index (χ3n) is 2.93. The summed E-state index contributed by atoms with van der Waals surface area (Å²) >= 11 is 0. The average Bonchev–Trinajstić information content (AvgIpc) is 2.70. The summed E-state index contributed by atoms with van der Waals surface area (Å²) in [5, 5.41) is 0. The molecule has 0 saturated heterocycles. The normalized spacial score (nSPS) is 17.7. The minimum atomic E-state index is 0.0313. The van der Waals surface area contributed by atoms with Crippen molar-refractivity contribution < 1.29 is 9.53 Å². The number of aliphatic imine (C=N–C) groups is 1. The van der Waals surface area contributed by atoms with Crippen LogP contribution in [0.2, 0.25) is 0 Å². The minimum Gasteiger partial charge on any atom is -0.483 e. The topological polar surface area (TPSA) is 41.9 Å². The van der Waals surface area contributed by atoms with Crippen LogP contribution in [-0.2, 0) is 11.2 Å². The molecule has 0 aliphatic carbocycles. The lowest BCUT2D eigenvalue weighted by atomic mass is 10.1. The average molecular weight is 216 g/mol. The quantitative estimate of drug-likeness (QED) is 0.711. The van der Waals surface area contributed by atoms with E-state index < -0.39 is 0 Å². The first-order valence-electron chi connectivity index (χ1n) is 5.41. The zero-order valence-electron chi connectivity index (χ0n) is 9.06. The first kappa shape index (κ1) is 9.39. The number of fused-ring (bicyclic) bond motifs is 3. The van der Waals surface area contributed by atoms with Gasteiger partial charge in [0.15, 0.2) is 0 Å². The number of hydrogen-bond acceptors (Lipinski definition) is 3. The third kappa shape index (κ3) is 1.23. The number of carbonyl (C=O) groups is 1. The van der Waals surface area contributed by atoms with Gasteiger partial charge < -0.3 is 4.74 Å². The number of ether oxygens (including phenoxy) is 1. The fraction of sp³-hybridized carbons (Fsp3) is 0.333. The number of hydrogen-bond donors (Lipinski definition) is 0. The molecule has 4 nitrogen and oxygen atoms in total. The molecule has 1 aromatic carbocycles. The van der Waals surface area contributed by atoms with Gasteiger partial charge in [0.1, 0.15) is 24.7 Å². The fourth-order valence-corrected chi connectivity index (χ4v) is 2.05. The summed E-state index contributed by atoms with van der Waals surface area (Å²) in [7, 11) is 0. The van der Waals surface area contributed by atoms with Gasteiger partial charge in [-0.05, 0) is 24.1 Å². The zero-order valence-corrected chi connectivity index (χ0v) is 9.06. The molecule has 0 saturated carbocycles. The maximum atomic E-state index is 11.7. The van der Waals surface area contributed by atoms with Gasteiger partial charge in [0.25, 0.3) is 5.91 Å². The van der Waals surface area contributed by atoms with E-state index in [4.69, 9.17) is 4.74 Å². The van der Waals surface area contributed by atoms with Crippen molar-refractivity contribution >= 4 is 17.4 Å². The fourth-order valence-electron chi connectivity index (χ4n) is 2.05. The van der Waals surface area contributed by atoms with Crippen LogP contribution < -0.4 is 9.64 Å². The number of aryl methyl sites for hydroxylation is 1. The molecule has 2 aliphatic rings. The molecule has 4 heteroatoms. The molecule has 3 rings (SSSR count). The van der Waals surface area contributed by atoms with Gasteiger partial charge in [0, 0.05) is 0 Å². The third-order valence-corrected chi connectivity index (χ3v) is 2.93. The van der Waals surface area contributed by atoms with Crippen LogP contribution in [-0.4, -0.2) is 24.9 Å². The van der Waals surface area contributed by atoms with Crippen molar-refractivity contribution in [3.8, 4) is 5.75 Å². The Labute approximate surface area is 93.5 Å². The largest absolute Gasteiger partial charge is 0.483 e. The van der Waals surface area contributed by atoms with E-state index in [0.717, 1.165) is 23.7 Å². The van der Waals surface area contributed by atoms with Crippen molar-refractivity contribution in [3.05, 3.63) is 23.8 Å². The van der Waals surface area contributed by atoms with Crippen LogP contribution in [0.15, 0.2) is 23.2 Å². The highest BCUT2D eigenvalue weighted by Crippen LogP contribution is 2.34. The van der Waals surface area contributed by atoms with Crippen molar-refractivity contribution in [3.63, 3.8) is 0 Å². The van der Waals surface area contributed by atoms with Gasteiger partial charge in [-0.3, -0.25) is 14.7 Å². The Kier molecular flexibility index (Phi) is 1.96. The Morgan fingerprint density at radius 3 is 3.19 bits per heavy atom. The van der Waals surface area contributed by atoms with E-state index in [1.54, 1.807) is 4.90 Å². The molecule has 2 aliphatic heterocycles. The predicted molar refractivity (Wildman–Crippen MR) is 61.1 cm³/mol. The molecule has 0 unspecified atom stereocenters. The molecule has 0 radical (unpaired) electrons. The summed E-state index contributed by atoms with van der Waals surface area (Å²) in [6.45, 7) is 2.73. The lowest BCUT2D eigenvalue weighted by Crippen LogP contribution is -2.39. The summed E-state index contributed by atoms with van der Waals surface area (Å²) < 4.78 is 5.60. The highest BCUT2D eigenvalue weighted by atomic mass is 16.5. The van der Waals surface area contributed by atoms with Crippen molar-refractivity contribution in [2.45, 2.75) is 13.3 Å². The van der Waals surface area contributed by atoms with Crippen LogP contribution in [0.3, 0.4) is 0 Å². The Balaban J connectivity index is 2.09. The van der Waals surface area contributed by atoms with Crippen LogP contribution in [0.25, 0.3) is 0 Å². The second-order valence-electron chi connectivity index (χ2n) is 3.91.